The van der Waals surface area contributed by atoms with Crippen LogP contribution in [0.15, 0.2) is 53.7 Å². The Morgan fingerprint density at radius 2 is 2.07 bits per heavy atom. The maximum absolute atomic E-state index is 12.2. The zero-order valence-corrected chi connectivity index (χ0v) is 16.1. The third-order valence-corrected chi connectivity index (χ3v) is 4.57. The van der Waals surface area contributed by atoms with Gasteiger partial charge in [0, 0.05) is 5.02 Å². The van der Waals surface area contributed by atoms with Crippen LogP contribution in [0.1, 0.15) is 11.4 Å². The van der Waals surface area contributed by atoms with Gasteiger partial charge in [0.25, 0.3) is 0 Å². The Labute approximate surface area is 166 Å². The number of nitrogens with zero attached hydrogens (tertiary/aromatic N) is 2. The number of methoxy groups -OCH3 is 1. The minimum Gasteiger partial charge on any atom is -0.495 e. The molecule has 3 aromatic rings. The van der Waals surface area contributed by atoms with Crippen molar-refractivity contribution in [1.82, 2.24) is 15.2 Å². The Kier molecular flexibility index (Phi) is 6.51. The summed E-state index contributed by atoms with van der Waals surface area (Å²) in [7, 11) is 1.53. The van der Waals surface area contributed by atoms with Crippen LogP contribution in [-0.2, 0) is 4.79 Å². The predicted octanol–water partition coefficient (Wildman–Crippen LogP) is 4.37. The number of thioether (sulfide) groups is 1. The molecule has 2 aromatic carbocycles. The lowest BCUT2D eigenvalue weighted by Gasteiger charge is -2.09. The van der Waals surface area contributed by atoms with Crippen molar-refractivity contribution in [2.24, 2.45) is 0 Å². The first-order chi connectivity index (χ1) is 13.1. The van der Waals surface area contributed by atoms with Gasteiger partial charge in [0.15, 0.2) is 0 Å². The standard InChI is InChI=1S/C19H17ClN4O2S/c1-26-16-9-8-14(20)11-15(16)21-18(25)12-27-19-22-17(23-24-19)10-7-13-5-3-2-4-6-13/h2-11H,12H2,1H3,(H,21,25)(H,22,23,24)/b10-7+. The minimum atomic E-state index is -0.202. The third kappa shape index (κ3) is 5.60. The second kappa shape index (κ2) is 9.25. The molecule has 0 aliphatic carbocycles. The molecule has 3 rings (SSSR count). The fourth-order valence-corrected chi connectivity index (χ4v) is 3.01. The maximum Gasteiger partial charge on any atom is 0.234 e. The van der Waals surface area contributed by atoms with Gasteiger partial charge in [-0.1, -0.05) is 59.8 Å². The van der Waals surface area contributed by atoms with Crippen LogP contribution in [0.4, 0.5) is 5.69 Å². The van der Waals surface area contributed by atoms with E-state index in [0.717, 1.165) is 5.56 Å². The number of rotatable bonds is 7. The van der Waals surface area contributed by atoms with Crippen LogP contribution in [-0.4, -0.2) is 34.0 Å². The van der Waals surface area contributed by atoms with Gasteiger partial charge in [0.1, 0.15) is 11.6 Å². The van der Waals surface area contributed by atoms with Crippen molar-refractivity contribution in [3.05, 3.63) is 64.9 Å². The van der Waals surface area contributed by atoms with Gasteiger partial charge in [-0.3, -0.25) is 9.89 Å². The van der Waals surface area contributed by atoms with Gasteiger partial charge < -0.3 is 10.1 Å². The van der Waals surface area contributed by atoms with Gasteiger partial charge in [0.05, 0.1) is 18.6 Å². The average Bonchev–Trinajstić information content (AvgIpc) is 3.14. The van der Waals surface area contributed by atoms with E-state index in [0.29, 0.717) is 27.4 Å². The molecular formula is C19H17ClN4O2S. The monoisotopic (exact) mass is 400 g/mol. The van der Waals surface area contributed by atoms with Crippen LogP contribution in [0.25, 0.3) is 12.2 Å². The van der Waals surface area contributed by atoms with Crippen molar-refractivity contribution in [1.29, 1.82) is 0 Å². The zero-order chi connectivity index (χ0) is 19.1. The molecule has 8 heteroatoms. The lowest BCUT2D eigenvalue weighted by molar-refractivity contribution is -0.113. The highest BCUT2D eigenvalue weighted by atomic mass is 35.5. The normalized spacial score (nSPS) is 10.9. The summed E-state index contributed by atoms with van der Waals surface area (Å²) in [6.07, 6.45) is 3.77. The molecular weight excluding hydrogens is 384 g/mol. The molecule has 0 bridgehead atoms. The van der Waals surface area contributed by atoms with Crippen molar-refractivity contribution >= 4 is 47.1 Å². The Balaban J connectivity index is 1.55. The van der Waals surface area contributed by atoms with Crippen molar-refractivity contribution in [2.75, 3.05) is 18.2 Å². The summed E-state index contributed by atoms with van der Waals surface area (Å²) in [5, 5.41) is 10.7. The van der Waals surface area contributed by atoms with E-state index in [1.165, 1.54) is 18.9 Å². The van der Waals surface area contributed by atoms with Crippen molar-refractivity contribution in [3.8, 4) is 5.75 Å². The number of anilines is 1. The summed E-state index contributed by atoms with van der Waals surface area (Å²) in [6.45, 7) is 0. The molecule has 0 aliphatic heterocycles. The van der Waals surface area contributed by atoms with Gasteiger partial charge in [-0.05, 0) is 29.8 Å². The molecule has 6 nitrogen and oxygen atoms in total. The number of aromatic amines is 1. The van der Waals surface area contributed by atoms with Crippen LogP contribution in [0, 0.1) is 0 Å². The number of aromatic nitrogens is 3. The molecule has 0 fully saturated rings. The molecule has 1 amide bonds. The summed E-state index contributed by atoms with van der Waals surface area (Å²) in [5.74, 6) is 1.13. The maximum atomic E-state index is 12.2. The first-order valence-electron chi connectivity index (χ1n) is 8.06. The molecule has 27 heavy (non-hydrogen) atoms. The van der Waals surface area contributed by atoms with Gasteiger partial charge >= 0.3 is 0 Å². The smallest absolute Gasteiger partial charge is 0.234 e. The highest BCUT2D eigenvalue weighted by Crippen LogP contribution is 2.28. The Morgan fingerprint density at radius 3 is 2.85 bits per heavy atom. The number of benzene rings is 2. The van der Waals surface area contributed by atoms with Crippen LogP contribution in [0.5, 0.6) is 5.75 Å². The molecule has 0 saturated carbocycles. The second-order valence-corrected chi connectivity index (χ2v) is 6.81. The molecule has 2 N–H and O–H groups in total. The van der Waals surface area contributed by atoms with Crippen molar-refractivity contribution < 1.29 is 9.53 Å². The summed E-state index contributed by atoms with van der Waals surface area (Å²) in [4.78, 5) is 16.5. The van der Waals surface area contributed by atoms with E-state index in [4.69, 9.17) is 16.3 Å². The summed E-state index contributed by atoms with van der Waals surface area (Å²) >= 11 is 7.20. The molecule has 1 heterocycles. The summed E-state index contributed by atoms with van der Waals surface area (Å²) in [6, 6.07) is 14.9. The number of hydrogen-bond donors (Lipinski definition) is 2. The Hall–Kier alpha value is -2.77. The number of H-pyrrole nitrogens is 1. The molecule has 0 aliphatic rings. The molecule has 0 atom stereocenters. The number of amides is 1. The van der Waals surface area contributed by atoms with Gasteiger partial charge in [0.2, 0.25) is 11.1 Å². The van der Waals surface area contributed by atoms with E-state index in [2.05, 4.69) is 20.5 Å². The van der Waals surface area contributed by atoms with E-state index in [-0.39, 0.29) is 11.7 Å². The second-order valence-electron chi connectivity index (χ2n) is 5.43. The highest BCUT2D eigenvalue weighted by molar-refractivity contribution is 7.99. The molecule has 138 valence electrons. The lowest BCUT2D eigenvalue weighted by Crippen LogP contribution is -2.14. The SMILES string of the molecule is COc1ccc(Cl)cc1NC(=O)CSc1n[nH]c(/C=C/c2ccccc2)n1. The van der Waals surface area contributed by atoms with E-state index >= 15 is 0 Å². The number of nitrogens with one attached hydrogen (secondary N) is 2. The first kappa shape index (κ1) is 19.0. The van der Waals surface area contributed by atoms with Crippen molar-refractivity contribution in [3.63, 3.8) is 0 Å². The van der Waals surface area contributed by atoms with Crippen LogP contribution >= 0.6 is 23.4 Å². The molecule has 0 unspecified atom stereocenters. The molecule has 1 aromatic heterocycles. The van der Waals surface area contributed by atoms with E-state index in [9.17, 15) is 4.79 Å². The van der Waals surface area contributed by atoms with Crippen LogP contribution < -0.4 is 10.1 Å². The third-order valence-electron chi connectivity index (χ3n) is 3.48. The van der Waals surface area contributed by atoms with Gasteiger partial charge in [-0.25, -0.2) is 4.98 Å². The number of carbonyl (C=O) groups excluding carboxylic acids is 1. The number of carbonyl (C=O) groups is 1. The van der Waals surface area contributed by atoms with Gasteiger partial charge in [-0.2, -0.15) is 0 Å². The number of halogens is 1. The fourth-order valence-electron chi connectivity index (χ4n) is 2.23. The summed E-state index contributed by atoms with van der Waals surface area (Å²) < 4.78 is 5.21. The van der Waals surface area contributed by atoms with Crippen LogP contribution in [0.2, 0.25) is 5.02 Å². The molecule has 0 spiro atoms. The predicted molar refractivity (Wildman–Crippen MR) is 109 cm³/mol. The van der Waals surface area contributed by atoms with E-state index in [1.807, 2.05) is 42.5 Å². The lowest BCUT2D eigenvalue weighted by atomic mass is 10.2. The molecule has 0 radical (unpaired) electrons. The largest absolute Gasteiger partial charge is 0.495 e. The topological polar surface area (TPSA) is 79.9 Å². The number of ether oxygens (including phenoxy) is 1. The van der Waals surface area contributed by atoms with Crippen molar-refractivity contribution in [2.45, 2.75) is 5.16 Å². The Morgan fingerprint density at radius 1 is 1.26 bits per heavy atom. The fraction of sp³-hybridized carbons (Fsp3) is 0.105. The minimum absolute atomic E-state index is 0.162. The van der Waals surface area contributed by atoms with Gasteiger partial charge in [-0.15, -0.1) is 5.10 Å². The zero-order valence-electron chi connectivity index (χ0n) is 14.5. The Bertz CT molecular complexity index is 944. The summed E-state index contributed by atoms with van der Waals surface area (Å²) in [5.41, 5.74) is 1.59. The van der Waals surface area contributed by atoms with E-state index in [1.54, 1.807) is 18.2 Å². The average molecular weight is 401 g/mol. The molecule has 0 saturated heterocycles. The van der Waals surface area contributed by atoms with Crippen LogP contribution in [0.3, 0.4) is 0 Å². The van der Waals surface area contributed by atoms with E-state index < -0.39 is 0 Å². The first-order valence-corrected chi connectivity index (χ1v) is 9.42. The highest BCUT2D eigenvalue weighted by Gasteiger charge is 2.10. The number of hydrogen-bond acceptors (Lipinski definition) is 5. The quantitative estimate of drug-likeness (QED) is 0.576.